The van der Waals surface area contributed by atoms with Crippen LogP contribution in [-0.2, 0) is 0 Å². The summed E-state index contributed by atoms with van der Waals surface area (Å²) in [5.41, 5.74) is 2.40. The fourth-order valence-electron chi connectivity index (χ4n) is 2.90. The molecular formula is C27H29NO. The van der Waals surface area contributed by atoms with E-state index in [1.54, 1.807) is 12.1 Å². The van der Waals surface area contributed by atoms with Gasteiger partial charge in [0.1, 0.15) is 5.75 Å². The van der Waals surface area contributed by atoms with Gasteiger partial charge in [-0.05, 0) is 66.8 Å². The van der Waals surface area contributed by atoms with Gasteiger partial charge in [0.05, 0.1) is 18.2 Å². The van der Waals surface area contributed by atoms with Gasteiger partial charge in [0.2, 0.25) is 0 Å². The molecule has 0 radical (unpaired) electrons. The van der Waals surface area contributed by atoms with Crippen molar-refractivity contribution in [2.75, 3.05) is 6.61 Å². The van der Waals surface area contributed by atoms with Crippen LogP contribution < -0.4 is 4.74 Å². The third kappa shape index (κ3) is 9.55. The first-order valence-electron chi connectivity index (χ1n) is 10.6. The second-order valence-corrected chi connectivity index (χ2v) is 7.04. The summed E-state index contributed by atoms with van der Waals surface area (Å²) in [6.45, 7) is 3.03. The largest absolute Gasteiger partial charge is 0.494 e. The lowest BCUT2D eigenvalue weighted by Crippen LogP contribution is -1.97. The van der Waals surface area contributed by atoms with Crippen LogP contribution in [0.5, 0.6) is 5.75 Å². The standard InChI is InChI=1S/C27H29NO/c1-2-3-4-5-6-7-8-11-22-29-27-20-18-25(19-21-27)13-10-9-12-24-14-16-26(23-28)17-15-24/h14-21H,2-8,11,22H2,1H3. The highest BCUT2D eigenvalue weighted by atomic mass is 16.5. The third-order valence-electron chi connectivity index (χ3n) is 4.61. The van der Waals surface area contributed by atoms with Gasteiger partial charge in [-0.2, -0.15) is 5.26 Å². The monoisotopic (exact) mass is 383 g/mol. The summed E-state index contributed by atoms with van der Waals surface area (Å²) in [7, 11) is 0. The minimum atomic E-state index is 0.631. The molecule has 0 fully saturated rings. The SMILES string of the molecule is CCCCCCCCCCOc1ccc(C#CC#Cc2ccc(C#N)cc2)cc1. The number of hydrogen-bond donors (Lipinski definition) is 0. The van der Waals surface area contributed by atoms with Gasteiger partial charge in [0.25, 0.3) is 0 Å². The molecule has 2 aromatic carbocycles. The molecule has 0 unspecified atom stereocenters. The Hall–Kier alpha value is -3.15. The maximum atomic E-state index is 8.79. The molecule has 0 heterocycles. The van der Waals surface area contributed by atoms with Crippen LogP contribution in [0.15, 0.2) is 48.5 Å². The summed E-state index contributed by atoms with van der Waals surface area (Å²) in [6, 6.07) is 17.1. The Morgan fingerprint density at radius 1 is 0.655 bits per heavy atom. The van der Waals surface area contributed by atoms with E-state index >= 15 is 0 Å². The molecule has 148 valence electrons. The predicted octanol–water partition coefficient (Wildman–Crippen LogP) is 6.48. The molecular weight excluding hydrogens is 354 g/mol. The average molecular weight is 384 g/mol. The van der Waals surface area contributed by atoms with Crippen molar-refractivity contribution in [1.29, 1.82) is 5.26 Å². The van der Waals surface area contributed by atoms with Crippen molar-refractivity contribution in [1.82, 2.24) is 0 Å². The zero-order valence-corrected chi connectivity index (χ0v) is 17.3. The highest BCUT2D eigenvalue weighted by Gasteiger charge is 1.95. The molecule has 0 aliphatic rings. The lowest BCUT2D eigenvalue weighted by atomic mass is 10.1. The maximum Gasteiger partial charge on any atom is 0.119 e. The number of nitrogens with zero attached hydrogens (tertiary/aromatic N) is 1. The van der Waals surface area contributed by atoms with Crippen molar-refractivity contribution in [2.45, 2.75) is 58.3 Å². The van der Waals surface area contributed by atoms with E-state index in [2.05, 4.69) is 36.7 Å². The first-order valence-corrected chi connectivity index (χ1v) is 10.6. The first kappa shape index (κ1) is 22.1. The zero-order valence-electron chi connectivity index (χ0n) is 17.3. The molecule has 2 rings (SSSR count). The Bertz CT molecular complexity index is 881. The van der Waals surface area contributed by atoms with Gasteiger partial charge in [-0.25, -0.2) is 0 Å². The van der Waals surface area contributed by atoms with Gasteiger partial charge in [0.15, 0.2) is 0 Å². The molecule has 0 N–H and O–H groups in total. The maximum absolute atomic E-state index is 8.79. The molecule has 2 aromatic rings. The van der Waals surface area contributed by atoms with Gasteiger partial charge in [-0.3, -0.25) is 0 Å². The smallest absolute Gasteiger partial charge is 0.119 e. The van der Waals surface area contributed by atoms with Gasteiger partial charge in [-0.1, -0.05) is 63.7 Å². The van der Waals surface area contributed by atoms with E-state index in [1.807, 2.05) is 36.4 Å². The fraction of sp³-hybridized carbons (Fsp3) is 0.370. The van der Waals surface area contributed by atoms with E-state index < -0.39 is 0 Å². The van der Waals surface area contributed by atoms with Crippen LogP contribution in [-0.4, -0.2) is 6.61 Å². The minimum absolute atomic E-state index is 0.631. The molecule has 2 nitrogen and oxygen atoms in total. The Morgan fingerprint density at radius 2 is 1.14 bits per heavy atom. The highest BCUT2D eigenvalue weighted by molar-refractivity contribution is 5.46. The van der Waals surface area contributed by atoms with Crippen molar-refractivity contribution in [3.63, 3.8) is 0 Å². The fourth-order valence-corrected chi connectivity index (χ4v) is 2.90. The van der Waals surface area contributed by atoms with Crippen molar-refractivity contribution < 1.29 is 4.74 Å². The quantitative estimate of drug-likeness (QED) is 0.347. The van der Waals surface area contributed by atoms with Crippen molar-refractivity contribution in [3.05, 3.63) is 65.2 Å². The summed E-state index contributed by atoms with van der Waals surface area (Å²) in [4.78, 5) is 0. The number of unbranched alkanes of at least 4 members (excludes halogenated alkanes) is 7. The molecule has 2 heteroatoms. The topological polar surface area (TPSA) is 33.0 Å². The highest BCUT2D eigenvalue weighted by Crippen LogP contribution is 2.13. The Morgan fingerprint density at radius 3 is 1.69 bits per heavy atom. The van der Waals surface area contributed by atoms with E-state index in [0.717, 1.165) is 29.9 Å². The lowest BCUT2D eigenvalue weighted by molar-refractivity contribution is 0.304. The number of rotatable bonds is 10. The summed E-state index contributed by atoms with van der Waals surface area (Å²) in [5.74, 6) is 12.6. The second kappa shape index (κ2) is 13.9. The molecule has 0 spiro atoms. The lowest BCUT2D eigenvalue weighted by Gasteiger charge is -2.06. The van der Waals surface area contributed by atoms with E-state index in [-0.39, 0.29) is 0 Å². The van der Waals surface area contributed by atoms with Crippen LogP contribution in [0.25, 0.3) is 0 Å². The number of hydrogen-bond acceptors (Lipinski definition) is 2. The van der Waals surface area contributed by atoms with Crippen LogP contribution in [0.2, 0.25) is 0 Å². The summed E-state index contributed by atoms with van der Waals surface area (Å²) in [5, 5.41) is 8.79. The molecule has 0 aromatic heterocycles. The van der Waals surface area contributed by atoms with E-state index in [0.29, 0.717) is 5.56 Å². The third-order valence-corrected chi connectivity index (χ3v) is 4.61. The Kier molecular flexibility index (Phi) is 10.6. The van der Waals surface area contributed by atoms with Crippen molar-refractivity contribution in [2.24, 2.45) is 0 Å². The molecule has 0 atom stereocenters. The minimum Gasteiger partial charge on any atom is -0.494 e. The Labute approximate surface area is 175 Å². The molecule has 0 amide bonds. The van der Waals surface area contributed by atoms with Crippen molar-refractivity contribution >= 4 is 0 Å². The predicted molar refractivity (Wildman–Crippen MR) is 119 cm³/mol. The van der Waals surface area contributed by atoms with Gasteiger partial charge in [-0.15, -0.1) is 0 Å². The number of benzene rings is 2. The summed E-state index contributed by atoms with van der Waals surface area (Å²) >= 11 is 0. The summed E-state index contributed by atoms with van der Waals surface area (Å²) in [6.07, 6.45) is 10.4. The van der Waals surface area contributed by atoms with Crippen LogP contribution in [0, 0.1) is 35.0 Å². The van der Waals surface area contributed by atoms with Crippen LogP contribution >= 0.6 is 0 Å². The number of ether oxygens (including phenoxy) is 1. The Balaban J connectivity index is 1.67. The van der Waals surface area contributed by atoms with Crippen molar-refractivity contribution in [3.8, 4) is 35.5 Å². The van der Waals surface area contributed by atoms with E-state index in [4.69, 9.17) is 10.00 Å². The molecule has 0 bridgehead atoms. The zero-order chi connectivity index (χ0) is 20.6. The van der Waals surface area contributed by atoms with Gasteiger partial charge < -0.3 is 4.74 Å². The molecule has 29 heavy (non-hydrogen) atoms. The molecule has 0 saturated heterocycles. The van der Waals surface area contributed by atoms with Crippen LogP contribution in [0.4, 0.5) is 0 Å². The average Bonchev–Trinajstić information content (AvgIpc) is 2.77. The summed E-state index contributed by atoms with van der Waals surface area (Å²) < 4.78 is 5.81. The molecule has 0 aliphatic heterocycles. The molecule has 0 aliphatic carbocycles. The normalized spacial score (nSPS) is 9.52. The van der Waals surface area contributed by atoms with E-state index in [1.165, 1.54) is 44.9 Å². The van der Waals surface area contributed by atoms with Crippen LogP contribution in [0.3, 0.4) is 0 Å². The first-order chi connectivity index (χ1) is 14.3. The van der Waals surface area contributed by atoms with E-state index in [9.17, 15) is 0 Å². The van der Waals surface area contributed by atoms with Gasteiger partial charge in [0, 0.05) is 11.1 Å². The van der Waals surface area contributed by atoms with Crippen LogP contribution in [0.1, 0.15) is 75.0 Å². The second-order valence-electron chi connectivity index (χ2n) is 7.04. The number of nitriles is 1. The van der Waals surface area contributed by atoms with Gasteiger partial charge >= 0.3 is 0 Å². The molecule has 0 saturated carbocycles.